The number of ether oxygens (including phenoxy) is 1. The van der Waals surface area contributed by atoms with E-state index < -0.39 is 0 Å². The first-order chi connectivity index (χ1) is 13.0. The molecule has 0 aliphatic heterocycles. The topological polar surface area (TPSA) is 89.6 Å². The summed E-state index contributed by atoms with van der Waals surface area (Å²) in [6.45, 7) is 2.16. The Bertz CT molecular complexity index is 970. The molecule has 8 heteroatoms. The second kappa shape index (κ2) is 8.66. The summed E-state index contributed by atoms with van der Waals surface area (Å²) in [6, 6.07) is 14.9. The fourth-order valence-electron chi connectivity index (χ4n) is 2.28. The number of hydrogen-bond donors (Lipinski definition) is 2. The maximum absolute atomic E-state index is 12.1. The van der Waals surface area contributed by atoms with Crippen molar-refractivity contribution in [2.24, 2.45) is 5.10 Å². The molecule has 3 N–H and O–H groups in total. The van der Waals surface area contributed by atoms with Gasteiger partial charge in [-0.2, -0.15) is 5.10 Å². The number of nitrogen functional groups attached to an aromatic ring is 1. The number of rotatable bonds is 6. The Morgan fingerprint density at radius 3 is 2.81 bits per heavy atom. The van der Waals surface area contributed by atoms with Crippen molar-refractivity contribution in [3.05, 3.63) is 75.3 Å². The van der Waals surface area contributed by atoms with E-state index in [1.165, 1.54) is 0 Å². The Morgan fingerprint density at radius 2 is 2.11 bits per heavy atom. The predicted octanol–water partition coefficient (Wildman–Crippen LogP) is 4.03. The molecule has 3 rings (SSSR count). The van der Waals surface area contributed by atoms with E-state index in [1.54, 1.807) is 13.1 Å². The van der Waals surface area contributed by atoms with Gasteiger partial charge >= 0.3 is 0 Å². The Morgan fingerprint density at radius 1 is 1.33 bits per heavy atom. The number of halogens is 1. The summed E-state index contributed by atoms with van der Waals surface area (Å²) in [5.41, 5.74) is 10.5. The van der Waals surface area contributed by atoms with Crippen LogP contribution in [0.2, 0.25) is 5.02 Å². The van der Waals surface area contributed by atoms with Crippen LogP contribution in [0.1, 0.15) is 26.5 Å². The van der Waals surface area contributed by atoms with Crippen LogP contribution in [0, 0.1) is 6.92 Å². The fraction of sp³-hybridized carbons (Fsp3) is 0.105. The van der Waals surface area contributed by atoms with Crippen LogP contribution in [0.15, 0.2) is 53.6 Å². The molecule has 0 aliphatic carbocycles. The molecule has 3 aromatic rings. The van der Waals surface area contributed by atoms with E-state index >= 15 is 0 Å². The monoisotopic (exact) mass is 400 g/mol. The number of aromatic nitrogens is 1. The first kappa shape index (κ1) is 18.9. The maximum Gasteiger partial charge on any atom is 0.283 e. The van der Waals surface area contributed by atoms with Gasteiger partial charge in [0.1, 0.15) is 17.2 Å². The summed E-state index contributed by atoms with van der Waals surface area (Å²) >= 11 is 7.00. The van der Waals surface area contributed by atoms with Gasteiger partial charge in [0.05, 0.1) is 11.9 Å². The van der Waals surface area contributed by atoms with Crippen molar-refractivity contribution in [3.8, 4) is 5.75 Å². The molecule has 0 saturated carbocycles. The minimum atomic E-state index is -0.340. The van der Waals surface area contributed by atoms with E-state index in [2.05, 4.69) is 15.5 Å². The minimum absolute atomic E-state index is 0.340. The summed E-state index contributed by atoms with van der Waals surface area (Å²) in [5.74, 6) is 0.361. The van der Waals surface area contributed by atoms with Gasteiger partial charge in [-0.15, -0.1) is 0 Å². The standard InChI is InChI=1S/C19H17ClN4O2S/c1-12-17(27-19(21)23-12)18(25)24-22-10-14-3-2-4-16(9-14)26-11-13-5-7-15(20)8-6-13/h2-10H,11H2,1H3,(H2,21,23)(H,24,25)/b22-10-. The lowest BCUT2D eigenvalue weighted by Crippen LogP contribution is -2.17. The summed E-state index contributed by atoms with van der Waals surface area (Å²) in [7, 11) is 0. The largest absolute Gasteiger partial charge is 0.489 e. The molecule has 0 bridgehead atoms. The van der Waals surface area contributed by atoms with Gasteiger partial charge in [-0.1, -0.05) is 47.2 Å². The number of thiazole rings is 1. The van der Waals surface area contributed by atoms with Crippen molar-refractivity contribution in [3.63, 3.8) is 0 Å². The molecular formula is C19H17ClN4O2S. The van der Waals surface area contributed by atoms with Crippen molar-refractivity contribution < 1.29 is 9.53 Å². The van der Waals surface area contributed by atoms with Gasteiger partial charge in [0.2, 0.25) is 0 Å². The maximum atomic E-state index is 12.1. The lowest BCUT2D eigenvalue weighted by molar-refractivity contribution is 0.0958. The highest BCUT2D eigenvalue weighted by Gasteiger charge is 2.13. The number of nitrogens with two attached hydrogens (primary N) is 1. The molecule has 1 amide bonds. The zero-order chi connectivity index (χ0) is 19.2. The van der Waals surface area contributed by atoms with Gasteiger partial charge in [-0.3, -0.25) is 4.79 Å². The van der Waals surface area contributed by atoms with E-state index in [-0.39, 0.29) is 5.91 Å². The van der Waals surface area contributed by atoms with Crippen molar-refractivity contribution >= 4 is 40.2 Å². The van der Waals surface area contributed by atoms with Crippen molar-refractivity contribution in [2.75, 3.05) is 5.73 Å². The van der Waals surface area contributed by atoms with Gasteiger partial charge in [-0.25, -0.2) is 10.4 Å². The Balaban J connectivity index is 1.58. The van der Waals surface area contributed by atoms with E-state index in [1.807, 2.05) is 48.5 Å². The number of anilines is 1. The highest BCUT2D eigenvalue weighted by molar-refractivity contribution is 7.17. The number of carbonyl (C=O) groups is 1. The first-order valence-electron chi connectivity index (χ1n) is 8.05. The van der Waals surface area contributed by atoms with Crippen molar-refractivity contribution in [2.45, 2.75) is 13.5 Å². The number of hydrogen-bond acceptors (Lipinski definition) is 6. The summed E-state index contributed by atoms with van der Waals surface area (Å²) < 4.78 is 5.78. The van der Waals surface area contributed by atoms with E-state index in [9.17, 15) is 4.79 Å². The minimum Gasteiger partial charge on any atom is -0.489 e. The van der Waals surface area contributed by atoms with Crippen LogP contribution in [0.3, 0.4) is 0 Å². The Kier molecular flexibility index (Phi) is 6.05. The van der Waals surface area contributed by atoms with Crippen LogP contribution >= 0.6 is 22.9 Å². The smallest absolute Gasteiger partial charge is 0.283 e. The van der Waals surface area contributed by atoms with Crippen molar-refractivity contribution in [1.29, 1.82) is 0 Å². The third-order valence-electron chi connectivity index (χ3n) is 3.58. The number of benzene rings is 2. The molecule has 27 heavy (non-hydrogen) atoms. The average Bonchev–Trinajstić information content (AvgIpc) is 3.00. The van der Waals surface area contributed by atoms with Crippen LogP contribution < -0.4 is 15.9 Å². The summed E-state index contributed by atoms with van der Waals surface area (Å²) in [4.78, 5) is 16.5. The van der Waals surface area contributed by atoms with Crippen molar-refractivity contribution in [1.82, 2.24) is 10.4 Å². The SMILES string of the molecule is Cc1nc(N)sc1C(=O)N/N=C\c1cccc(OCc2ccc(Cl)cc2)c1. The molecule has 6 nitrogen and oxygen atoms in total. The van der Waals surface area contributed by atoms with Gasteiger partial charge in [-0.05, 0) is 42.3 Å². The second-order valence-electron chi connectivity index (χ2n) is 5.65. The quantitative estimate of drug-likeness (QED) is 0.483. The second-order valence-corrected chi connectivity index (χ2v) is 7.12. The fourth-order valence-corrected chi connectivity index (χ4v) is 3.13. The van der Waals surface area contributed by atoms with Gasteiger partial charge in [0, 0.05) is 5.02 Å². The van der Waals surface area contributed by atoms with Crippen LogP contribution in [-0.4, -0.2) is 17.1 Å². The van der Waals surface area contributed by atoms with Gasteiger partial charge in [0.25, 0.3) is 5.91 Å². The van der Waals surface area contributed by atoms with Crippen LogP contribution in [0.4, 0.5) is 5.13 Å². The Hall–Kier alpha value is -2.90. The van der Waals surface area contributed by atoms with Crippen LogP contribution in [-0.2, 0) is 6.61 Å². The number of carbonyl (C=O) groups excluding carboxylic acids is 1. The predicted molar refractivity (Wildman–Crippen MR) is 109 cm³/mol. The normalized spacial score (nSPS) is 10.9. The number of aryl methyl sites for hydroxylation is 1. The van der Waals surface area contributed by atoms with Gasteiger partial charge < -0.3 is 10.5 Å². The number of nitrogens with zero attached hydrogens (tertiary/aromatic N) is 2. The number of nitrogens with one attached hydrogen (secondary N) is 1. The lowest BCUT2D eigenvalue weighted by Gasteiger charge is -2.07. The zero-order valence-corrected chi connectivity index (χ0v) is 16.1. The summed E-state index contributed by atoms with van der Waals surface area (Å²) in [5, 5.41) is 5.02. The molecule has 0 atom stereocenters. The van der Waals surface area contributed by atoms with Crippen LogP contribution in [0.25, 0.3) is 0 Å². The van der Waals surface area contributed by atoms with Crippen LogP contribution in [0.5, 0.6) is 5.75 Å². The molecule has 0 aliphatic rings. The lowest BCUT2D eigenvalue weighted by atomic mass is 10.2. The molecule has 0 unspecified atom stereocenters. The van der Waals surface area contributed by atoms with Gasteiger partial charge in [0.15, 0.2) is 5.13 Å². The molecule has 0 spiro atoms. The third-order valence-corrected chi connectivity index (χ3v) is 4.81. The molecule has 0 fully saturated rings. The number of amides is 1. The number of hydrazone groups is 1. The molecule has 138 valence electrons. The molecule has 2 aromatic carbocycles. The zero-order valence-electron chi connectivity index (χ0n) is 14.5. The molecule has 1 aromatic heterocycles. The average molecular weight is 401 g/mol. The summed E-state index contributed by atoms with van der Waals surface area (Å²) in [6.07, 6.45) is 1.55. The molecule has 1 heterocycles. The molecular weight excluding hydrogens is 384 g/mol. The van der Waals surface area contributed by atoms with E-state index in [0.717, 1.165) is 22.5 Å². The highest BCUT2D eigenvalue weighted by Crippen LogP contribution is 2.19. The van der Waals surface area contributed by atoms with E-state index in [4.69, 9.17) is 22.1 Å². The molecule has 0 radical (unpaired) electrons. The first-order valence-corrected chi connectivity index (χ1v) is 9.24. The third kappa shape index (κ3) is 5.29. The Labute approximate surface area is 165 Å². The molecule has 0 saturated heterocycles. The highest BCUT2D eigenvalue weighted by atomic mass is 35.5. The van der Waals surface area contributed by atoms with E-state index in [0.29, 0.717) is 33.1 Å².